The second-order valence-corrected chi connectivity index (χ2v) is 9.28. The van der Waals surface area contributed by atoms with Gasteiger partial charge in [-0.1, -0.05) is 44.2 Å². The maximum atomic E-state index is 13.5. The zero-order valence-corrected chi connectivity index (χ0v) is 18.2. The van der Waals surface area contributed by atoms with Gasteiger partial charge in [0.1, 0.15) is 0 Å². The van der Waals surface area contributed by atoms with Crippen LogP contribution in [0.5, 0.6) is 11.5 Å². The van der Waals surface area contributed by atoms with Crippen LogP contribution in [0.4, 0.5) is 0 Å². The summed E-state index contributed by atoms with van der Waals surface area (Å²) in [7, 11) is 3.18. The van der Waals surface area contributed by atoms with Gasteiger partial charge in [-0.05, 0) is 29.5 Å². The first-order valence-electron chi connectivity index (χ1n) is 10.5. The van der Waals surface area contributed by atoms with E-state index in [1.54, 1.807) is 14.2 Å². The van der Waals surface area contributed by atoms with E-state index in [1.807, 2.05) is 42.5 Å². The fourth-order valence-electron chi connectivity index (χ4n) is 5.29. The highest BCUT2D eigenvalue weighted by molar-refractivity contribution is 6.30. The quantitative estimate of drug-likeness (QED) is 0.726. The molecular weight excluding hydrogens is 390 g/mol. The number of nitrogens with zero attached hydrogens (tertiary/aromatic N) is 1. The standard InChI is InChI=1S/C26H25NO4/c1-26(2)12-17-22(18(28)13-26)21(14-9-10-19(30-3)20(11-14)31-4)23-24(27-17)15-7-5-6-8-16(15)25(23)29/h5-11,21,23H,12-13H2,1-4H3. The van der Waals surface area contributed by atoms with Crippen molar-refractivity contribution >= 4 is 17.3 Å². The molecule has 3 aliphatic rings. The molecule has 1 aliphatic heterocycles. The van der Waals surface area contributed by atoms with E-state index in [4.69, 9.17) is 14.5 Å². The van der Waals surface area contributed by atoms with Gasteiger partial charge >= 0.3 is 0 Å². The van der Waals surface area contributed by atoms with Gasteiger partial charge in [0.2, 0.25) is 0 Å². The summed E-state index contributed by atoms with van der Waals surface area (Å²) < 4.78 is 10.9. The van der Waals surface area contributed by atoms with Crippen molar-refractivity contribution in [3.63, 3.8) is 0 Å². The number of ketones is 2. The van der Waals surface area contributed by atoms with Gasteiger partial charge in [-0.2, -0.15) is 0 Å². The minimum Gasteiger partial charge on any atom is -0.493 e. The normalized spacial score (nSPS) is 23.7. The molecule has 31 heavy (non-hydrogen) atoms. The van der Waals surface area contributed by atoms with Crippen LogP contribution >= 0.6 is 0 Å². The van der Waals surface area contributed by atoms with E-state index in [0.29, 0.717) is 35.5 Å². The van der Waals surface area contributed by atoms with E-state index in [-0.39, 0.29) is 22.9 Å². The van der Waals surface area contributed by atoms with Gasteiger partial charge in [0.25, 0.3) is 0 Å². The number of carbonyl (C=O) groups excluding carboxylic acids is 2. The van der Waals surface area contributed by atoms with Gasteiger partial charge in [-0.25, -0.2) is 0 Å². The number of aliphatic imine (C=N–C) groups is 1. The molecule has 2 aliphatic carbocycles. The van der Waals surface area contributed by atoms with Crippen LogP contribution in [0.1, 0.15) is 54.1 Å². The highest BCUT2D eigenvalue weighted by Crippen LogP contribution is 2.51. The fourth-order valence-corrected chi connectivity index (χ4v) is 5.29. The molecule has 5 heteroatoms. The van der Waals surface area contributed by atoms with Gasteiger partial charge in [0.05, 0.1) is 25.8 Å². The summed E-state index contributed by atoms with van der Waals surface area (Å²) in [6.45, 7) is 4.19. The van der Waals surface area contributed by atoms with Gasteiger partial charge in [0, 0.05) is 34.7 Å². The van der Waals surface area contributed by atoms with Crippen molar-refractivity contribution < 1.29 is 19.1 Å². The Labute approximate surface area is 181 Å². The third kappa shape index (κ3) is 2.94. The van der Waals surface area contributed by atoms with E-state index >= 15 is 0 Å². The van der Waals surface area contributed by atoms with Crippen LogP contribution in [0.2, 0.25) is 0 Å². The van der Waals surface area contributed by atoms with Crippen molar-refractivity contribution in [2.45, 2.75) is 32.6 Å². The number of carbonyl (C=O) groups is 2. The number of hydrogen-bond donors (Lipinski definition) is 0. The average Bonchev–Trinajstić information content (AvgIpc) is 3.03. The zero-order valence-electron chi connectivity index (χ0n) is 18.2. The second-order valence-electron chi connectivity index (χ2n) is 9.28. The van der Waals surface area contributed by atoms with Gasteiger partial charge < -0.3 is 9.47 Å². The highest BCUT2D eigenvalue weighted by atomic mass is 16.5. The number of methoxy groups -OCH3 is 2. The van der Waals surface area contributed by atoms with Crippen LogP contribution in [0, 0.1) is 11.3 Å². The molecule has 158 valence electrons. The Balaban J connectivity index is 1.75. The Bertz CT molecular complexity index is 1190. The number of fused-ring (bicyclic) bond motifs is 3. The monoisotopic (exact) mass is 415 g/mol. The summed E-state index contributed by atoms with van der Waals surface area (Å²) in [5.41, 5.74) is 4.56. The summed E-state index contributed by atoms with van der Waals surface area (Å²) >= 11 is 0. The molecule has 0 radical (unpaired) electrons. The van der Waals surface area contributed by atoms with Crippen molar-refractivity contribution in [1.29, 1.82) is 0 Å². The van der Waals surface area contributed by atoms with Crippen LogP contribution < -0.4 is 9.47 Å². The predicted molar refractivity (Wildman–Crippen MR) is 118 cm³/mol. The van der Waals surface area contributed by atoms with Crippen LogP contribution in [-0.2, 0) is 4.79 Å². The summed E-state index contributed by atoms with van der Waals surface area (Å²) in [5.74, 6) is 0.418. The Morgan fingerprint density at radius 3 is 2.32 bits per heavy atom. The number of Topliss-reactive ketones (excluding diaryl/α,β-unsaturated/α-hetero) is 2. The molecule has 0 aromatic heterocycles. The van der Waals surface area contributed by atoms with Crippen molar-refractivity contribution in [2.75, 3.05) is 14.2 Å². The largest absolute Gasteiger partial charge is 0.493 e. The molecule has 0 bridgehead atoms. The molecule has 2 unspecified atom stereocenters. The van der Waals surface area contributed by atoms with E-state index in [1.165, 1.54) is 0 Å². The van der Waals surface area contributed by atoms with Gasteiger partial charge in [-0.3, -0.25) is 14.6 Å². The van der Waals surface area contributed by atoms with Gasteiger partial charge in [-0.15, -0.1) is 0 Å². The summed E-state index contributed by atoms with van der Waals surface area (Å²) in [6.07, 6.45) is 1.17. The molecule has 0 saturated heterocycles. The first-order chi connectivity index (χ1) is 14.8. The minimum absolute atomic E-state index is 0.0262. The molecule has 1 heterocycles. The zero-order chi connectivity index (χ0) is 21.9. The molecule has 2 aromatic rings. The number of rotatable bonds is 3. The lowest BCUT2D eigenvalue weighted by molar-refractivity contribution is -0.118. The first kappa shape index (κ1) is 19.7. The first-order valence-corrected chi connectivity index (χ1v) is 10.5. The topological polar surface area (TPSA) is 65.0 Å². The predicted octanol–water partition coefficient (Wildman–Crippen LogP) is 4.75. The number of allylic oxidation sites excluding steroid dienone is 2. The van der Waals surface area contributed by atoms with Crippen LogP contribution in [0.25, 0.3) is 0 Å². The summed E-state index contributed by atoms with van der Waals surface area (Å²) in [6, 6.07) is 13.3. The van der Waals surface area contributed by atoms with E-state index < -0.39 is 5.92 Å². The summed E-state index contributed by atoms with van der Waals surface area (Å²) in [5, 5.41) is 0. The molecule has 0 spiro atoms. The average molecular weight is 415 g/mol. The SMILES string of the molecule is COc1ccc(C2C3=C(CC(C)(C)CC3=O)N=C3c4ccccc4C(=O)C32)cc1OC. The molecular formula is C26H25NO4. The number of benzene rings is 2. The Kier molecular flexibility index (Phi) is 4.40. The lowest BCUT2D eigenvalue weighted by Gasteiger charge is -2.38. The Hall–Kier alpha value is -3.21. The Morgan fingerprint density at radius 1 is 0.903 bits per heavy atom. The number of ether oxygens (including phenoxy) is 2. The molecule has 2 atom stereocenters. The highest BCUT2D eigenvalue weighted by Gasteiger charge is 2.50. The third-order valence-electron chi connectivity index (χ3n) is 6.61. The fraction of sp³-hybridized carbons (Fsp3) is 0.346. The molecule has 5 rings (SSSR count). The van der Waals surface area contributed by atoms with E-state index in [0.717, 1.165) is 22.5 Å². The third-order valence-corrected chi connectivity index (χ3v) is 6.61. The van der Waals surface area contributed by atoms with E-state index in [2.05, 4.69) is 13.8 Å². The van der Waals surface area contributed by atoms with Gasteiger partial charge in [0.15, 0.2) is 23.1 Å². The van der Waals surface area contributed by atoms with Crippen LogP contribution in [-0.4, -0.2) is 31.5 Å². The minimum atomic E-state index is -0.501. The smallest absolute Gasteiger partial charge is 0.173 e. The maximum Gasteiger partial charge on any atom is 0.173 e. The molecule has 0 N–H and O–H groups in total. The lowest BCUT2D eigenvalue weighted by Crippen LogP contribution is -2.37. The molecule has 0 fully saturated rings. The van der Waals surface area contributed by atoms with Crippen molar-refractivity contribution in [3.05, 3.63) is 70.4 Å². The second kappa shape index (κ2) is 6.91. The molecule has 2 aromatic carbocycles. The van der Waals surface area contributed by atoms with Crippen LogP contribution in [0.3, 0.4) is 0 Å². The lowest BCUT2D eigenvalue weighted by atomic mass is 9.66. The molecule has 0 saturated carbocycles. The van der Waals surface area contributed by atoms with Crippen molar-refractivity contribution in [3.8, 4) is 11.5 Å². The van der Waals surface area contributed by atoms with Crippen molar-refractivity contribution in [1.82, 2.24) is 0 Å². The maximum absolute atomic E-state index is 13.5. The van der Waals surface area contributed by atoms with E-state index in [9.17, 15) is 9.59 Å². The van der Waals surface area contributed by atoms with Crippen LogP contribution in [0.15, 0.2) is 58.7 Å². The molecule has 0 amide bonds. The number of hydrogen-bond acceptors (Lipinski definition) is 5. The summed E-state index contributed by atoms with van der Waals surface area (Å²) in [4.78, 5) is 31.9. The Morgan fingerprint density at radius 2 is 1.61 bits per heavy atom. The van der Waals surface area contributed by atoms with Crippen molar-refractivity contribution in [2.24, 2.45) is 16.3 Å². The molecule has 5 nitrogen and oxygen atoms in total.